The molecule has 0 fully saturated rings. The lowest BCUT2D eigenvalue weighted by Crippen LogP contribution is -2.20. The van der Waals surface area contributed by atoms with Crippen LogP contribution in [0.15, 0.2) is 18.2 Å². The molecule has 1 aromatic rings. The van der Waals surface area contributed by atoms with E-state index in [2.05, 4.69) is 5.32 Å². The summed E-state index contributed by atoms with van der Waals surface area (Å²) in [5, 5.41) is 24.4. The highest BCUT2D eigenvalue weighted by Crippen LogP contribution is 2.29. The first-order valence-electron chi connectivity index (χ1n) is 5.97. The molecule has 0 aliphatic carbocycles. The van der Waals surface area contributed by atoms with Crippen LogP contribution < -0.4 is 5.32 Å². The lowest BCUT2D eigenvalue weighted by molar-refractivity contribution is -0.393. The number of hydrogen-bond acceptors (Lipinski definition) is 7. The van der Waals surface area contributed by atoms with Crippen molar-refractivity contribution in [2.75, 3.05) is 17.3 Å². The number of anilines is 1. The summed E-state index contributed by atoms with van der Waals surface area (Å²) in [6.45, 7) is 1.68. The summed E-state index contributed by atoms with van der Waals surface area (Å²) in [5.74, 6) is -0.0536. The van der Waals surface area contributed by atoms with Gasteiger partial charge in [0.05, 0.1) is 21.7 Å². The molecule has 0 radical (unpaired) electrons. The molecule has 1 N–H and O–H groups in total. The van der Waals surface area contributed by atoms with E-state index < -0.39 is 25.4 Å². The summed E-state index contributed by atoms with van der Waals surface area (Å²) in [6, 6.07) is 2.93. The molecular formula is C11H15N3O6S. The molecule has 9 nitrogen and oxygen atoms in total. The Morgan fingerprint density at radius 1 is 1.24 bits per heavy atom. The van der Waals surface area contributed by atoms with Crippen molar-refractivity contribution in [3.8, 4) is 0 Å². The van der Waals surface area contributed by atoms with Crippen LogP contribution in [0, 0.1) is 20.2 Å². The Bertz CT molecular complexity index is 658. The molecule has 21 heavy (non-hydrogen) atoms. The van der Waals surface area contributed by atoms with Crippen molar-refractivity contribution in [1.29, 1.82) is 0 Å². The van der Waals surface area contributed by atoms with Gasteiger partial charge in [0.25, 0.3) is 11.4 Å². The number of non-ortho nitro benzene ring substituents is 1. The minimum atomic E-state index is -3.12. The van der Waals surface area contributed by atoms with Crippen LogP contribution in [-0.4, -0.2) is 36.3 Å². The number of sulfone groups is 1. The van der Waals surface area contributed by atoms with Crippen molar-refractivity contribution in [3.05, 3.63) is 38.4 Å². The minimum Gasteiger partial charge on any atom is -0.377 e. The molecule has 0 amide bonds. The largest absolute Gasteiger partial charge is 0.377 e. The molecular weight excluding hydrogens is 302 g/mol. The van der Waals surface area contributed by atoms with E-state index in [0.29, 0.717) is 0 Å². The van der Waals surface area contributed by atoms with Crippen molar-refractivity contribution >= 4 is 26.9 Å². The number of hydrogen-bond donors (Lipinski definition) is 1. The molecule has 0 saturated heterocycles. The van der Waals surface area contributed by atoms with E-state index in [0.717, 1.165) is 18.4 Å². The van der Waals surface area contributed by atoms with Gasteiger partial charge in [0.2, 0.25) is 0 Å². The highest BCUT2D eigenvalue weighted by Gasteiger charge is 2.20. The van der Waals surface area contributed by atoms with Gasteiger partial charge in [-0.25, -0.2) is 8.42 Å². The number of benzene rings is 1. The zero-order valence-corrected chi connectivity index (χ0v) is 12.3. The van der Waals surface area contributed by atoms with Gasteiger partial charge in [0.1, 0.15) is 15.5 Å². The van der Waals surface area contributed by atoms with Gasteiger partial charge in [-0.3, -0.25) is 20.2 Å². The van der Waals surface area contributed by atoms with Crippen molar-refractivity contribution in [2.24, 2.45) is 0 Å². The second kappa shape index (κ2) is 6.48. The van der Waals surface area contributed by atoms with Crippen LogP contribution in [0.25, 0.3) is 0 Å². The summed E-state index contributed by atoms with van der Waals surface area (Å²) in [7, 11) is -3.12. The third-order valence-corrected chi connectivity index (χ3v) is 3.69. The molecule has 1 aromatic carbocycles. The Hall–Kier alpha value is -2.23. The number of nitro benzene ring substituents is 2. The first kappa shape index (κ1) is 16.8. The smallest absolute Gasteiger partial charge is 0.299 e. The monoisotopic (exact) mass is 317 g/mol. The third-order valence-electron chi connectivity index (χ3n) is 2.71. The van der Waals surface area contributed by atoms with Crippen molar-refractivity contribution in [3.63, 3.8) is 0 Å². The molecule has 0 aromatic heterocycles. The third kappa shape index (κ3) is 5.34. The Balaban J connectivity index is 2.92. The van der Waals surface area contributed by atoms with E-state index in [4.69, 9.17) is 0 Å². The fourth-order valence-corrected chi connectivity index (χ4v) is 2.42. The Kier molecular flexibility index (Phi) is 5.19. The lowest BCUT2D eigenvalue weighted by Gasteiger charge is -2.14. The van der Waals surface area contributed by atoms with Crippen LogP contribution in [0.1, 0.15) is 13.3 Å². The van der Waals surface area contributed by atoms with Gasteiger partial charge in [-0.2, -0.15) is 0 Å². The van der Waals surface area contributed by atoms with Crippen LogP contribution >= 0.6 is 0 Å². The molecule has 0 aliphatic heterocycles. The van der Waals surface area contributed by atoms with Crippen molar-refractivity contribution in [1.82, 2.24) is 0 Å². The van der Waals surface area contributed by atoms with E-state index in [1.54, 1.807) is 6.92 Å². The maximum absolute atomic E-state index is 11.1. The van der Waals surface area contributed by atoms with E-state index in [1.807, 2.05) is 0 Å². The molecule has 1 atom stereocenters. The topological polar surface area (TPSA) is 132 Å². The quantitative estimate of drug-likeness (QED) is 0.598. The number of nitro groups is 2. The second-order valence-electron chi connectivity index (χ2n) is 4.68. The van der Waals surface area contributed by atoms with Crippen LogP contribution in [-0.2, 0) is 9.84 Å². The minimum absolute atomic E-state index is 0.0536. The van der Waals surface area contributed by atoms with Crippen LogP contribution in [0.4, 0.5) is 17.1 Å². The van der Waals surface area contributed by atoms with Gasteiger partial charge in [0.15, 0.2) is 0 Å². The van der Waals surface area contributed by atoms with E-state index in [-0.39, 0.29) is 29.6 Å². The normalized spacial score (nSPS) is 12.7. The van der Waals surface area contributed by atoms with E-state index in [1.165, 1.54) is 6.07 Å². The first-order chi connectivity index (χ1) is 9.60. The zero-order chi connectivity index (χ0) is 16.2. The van der Waals surface area contributed by atoms with E-state index >= 15 is 0 Å². The maximum atomic E-state index is 11.1. The van der Waals surface area contributed by atoms with Gasteiger partial charge in [-0.05, 0) is 19.4 Å². The standard InChI is InChI=1S/C11H15N3O6S/c1-8(5-6-21(2,19)20)12-10-4-3-9(13(15)16)7-11(10)14(17)18/h3-4,7-8,12H,5-6H2,1-2H3. The number of rotatable bonds is 7. The van der Waals surface area contributed by atoms with Gasteiger partial charge in [-0.15, -0.1) is 0 Å². The van der Waals surface area contributed by atoms with Crippen molar-refractivity contribution in [2.45, 2.75) is 19.4 Å². The lowest BCUT2D eigenvalue weighted by atomic mass is 10.2. The summed E-state index contributed by atoms with van der Waals surface area (Å²) in [6.07, 6.45) is 1.38. The molecule has 0 saturated carbocycles. The molecule has 1 rings (SSSR count). The zero-order valence-electron chi connectivity index (χ0n) is 11.5. The van der Waals surface area contributed by atoms with Gasteiger partial charge in [-0.1, -0.05) is 0 Å². The van der Waals surface area contributed by atoms with Crippen LogP contribution in [0.3, 0.4) is 0 Å². The highest BCUT2D eigenvalue weighted by molar-refractivity contribution is 7.90. The molecule has 0 bridgehead atoms. The predicted octanol–water partition coefficient (Wildman–Crippen LogP) is 1.74. The number of nitrogens with one attached hydrogen (secondary N) is 1. The Morgan fingerprint density at radius 2 is 1.86 bits per heavy atom. The fraction of sp³-hybridized carbons (Fsp3) is 0.455. The van der Waals surface area contributed by atoms with Gasteiger partial charge in [0, 0.05) is 18.4 Å². The Morgan fingerprint density at radius 3 is 2.33 bits per heavy atom. The first-order valence-corrected chi connectivity index (χ1v) is 8.03. The fourth-order valence-electron chi connectivity index (χ4n) is 1.64. The molecule has 0 heterocycles. The molecule has 0 spiro atoms. The summed E-state index contributed by atoms with van der Waals surface area (Å²) in [4.78, 5) is 20.1. The average molecular weight is 317 g/mol. The average Bonchev–Trinajstić information content (AvgIpc) is 2.35. The van der Waals surface area contributed by atoms with Gasteiger partial charge >= 0.3 is 0 Å². The van der Waals surface area contributed by atoms with Crippen LogP contribution in [0.2, 0.25) is 0 Å². The van der Waals surface area contributed by atoms with Crippen LogP contribution in [0.5, 0.6) is 0 Å². The molecule has 1 unspecified atom stereocenters. The van der Waals surface area contributed by atoms with Crippen molar-refractivity contribution < 1.29 is 18.3 Å². The molecule has 0 aliphatic rings. The maximum Gasteiger partial charge on any atom is 0.299 e. The molecule has 10 heteroatoms. The number of nitrogens with zero attached hydrogens (tertiary/aromatic N) is 2. The summed E-state index contributed by atoms with van der Waals surface area (Å²) < 4.78 is 22.1. The summed E-state index contributed by atoms with van der Waals surface area (Å²) in [5.41, 5.74) is -0.682. The Labute approximate surface area is 121 Å². The predicted molar refractivity (Wildman–Crippen MR) is 77.2 cm³/mol. The summed E-state index contributed by atoms with van der Waals surface area (Å²) >= 11 is 0. The SMILES string of the molecule is CC(CCS(C)(=O)=O)Nc1ccc([N+](=O)[O-])cc1[N+](=O)[O-]. The second-order valence-corrected chi connectivity index (χ2v) is 6.94. The van der Waals surface area contributed by atoms with E-state index in [9.17, 15) is 28.6 Å². The van der Waals surface area contributed by atoms with Gasteiger partial charge < -0.3 is 5.32 Å². The molecule has 116 valence electrons. The highest BCUT2D eigenvalue weighted by atomic mass is 32.2.